The Hall–Kier alpha value is -4.19. The number of primary amides is 1. The SMILES string of the molecule is Cc1cc([C@@H](C)Nc2ccccc2C(N)=O)c2cc(-c3ccc4c(c3)c(C)nn4C)ncc2c1. The number of aromatic nitrogens is 3. The molecule has 0 bridgehead atoms. The van der Waals surface area contributed by atoms with Crippen LogP contribution in [0.4, 0.5) is 5.69 Å². The van der Waals surface area contributed by atoms with Crippen molar-refractivity contribution in [3.8, 4) is 11.3 Å². The predicted octanol–water partition coefficient (Wildman–Crippen LogP) is 5.68. The highest BCUT2D eigenvalue weighted by Gasteiger charge is 2.16. The van der Waals surface area contributed by atoms with Crippen LogP contribution >= 0.6 is 0 Å². The van der Waals surface area contributed by atoms with Gasteiger partial charge in [-0.1, -0.05) is 29.8 Å². The smallest absolute Gasteiger partial charge is 0.250 e. The molecule has 3 aromatic carbocycles. The van der Waals surface area contributed by atoms with Gasteiger partial charge in [-0.15, -0.1) is 0 Å². The Labute approximate surface area is 198 Å². The van der Waals surface area contributed by atoms with Gasteiger partial charge in [0.25, 0.3) is 5.91 Å². The Morgan fingerprint density at radius 1 is 1.03 bits per heavy atom. The van der Waals surface area contributed by atoms with Crippen LogP contribution in [0.3, 0.4) is 0 Å². The average Bonchev–Trinajstić information content (AvgIpc) is 3.11. The Bertz CT molecular complexity index is 1570. The molecule has 0 aliphatic carbocycles. The zero-order chi connectivity index (χ0) is 24.0. The van der Waals surface area contributed by atoms with Crippen LogP contribution in [0.2, 0.25) is 0 Å². The van der Waals surface area contributed by atoms with Crippen LogP contribution < -0.4 is 11.1 Å². The fourth-order valence-electron chi connectivity index (χ4n) is 4.69. The van der Waals surface area contributed by atoms with Crippen molar-refractivity contribution in [2.75, 3.05) is 5.32 Å². The second-order valence-electron chi connectivity index (χ2n) is 8.86. The number of hydrogen-bond donors (Lipinski definition) is 2. The first-order valence-corrected chi connectivity index (χ1v) is 11.3. The van der Waals surface area contributed by atoms with E-state index in [9.17, 15) is 4.79 Å². The lowest BCUT2D eigenvalue weighted by Gasteiger charge is -2.20. The average molecular weight is 450 g/mol. The molecule has 34 heavy (non-hydrogen) atoms. The summed E-state index contributed by atoms with van der Waals surface area (Å²) in [5, 5.41) is 11.4. The zero-order valence-corrected chi connectivity index (χ0v) is 19.8. The van der Waals surface area contributed by atoms with Crippen LogP contribution in [0.25, 0.3) is 32.9 Å². The van der Waals surface area contributed by atoms with E-state index in [0.29, 0.717) is 5.56 Å². The number of aryl methyl sites for hydroxylation is 3. The van der Waals surface area contributed by atoms with Gasteiger partial charge in [-0.25, -0.2) is 0 Å². The van der Waals surface area contributed by atoms with Crippen molar-refractivity contribution < 1.29 is 4.79 Å². The van der Waals surface area contributed by atoms with Gasteiger partial charge in [-0.2, -0.15) is 5.10 Å². The van der Waals surface area contributed by atoms with Crippen molar-refractivity contribution in [2.24, 2.45) is 12.8 Å². The number of fused-ring (bicyclic) bond motifs is 2. The van der Waals surface area contributed by atoms with E-state index in [4.69, 9.17) is 10.7 Å². The molecule has 6 heteroatoms. The zero-order valence-electron chi connectivity index (χ0n) is 19.8. The molecule has 0 spiro atoms. The number of para-hydroxylation sites is 1. The largest absolute Gasteiger partial charge is 0.378 e. The Morgan fingerprint density at radius 3 is 2.62 bits per heavy atom. The van der Waals surface area contributed by atoms with E-state index >= 15 is 0 Å². The second-order valence-corrected chi connectivity index (χ2v) is 8.86. The van der Waals surface area contributed by atoms with Gasteiger partial charge in [0.2, 0.25) is 0 Å². The van der Waals surface area contributed by atoms with Gasteiger partial charge >= 0.3 is 0 Å². The number of hydrogen-bond acceptors (Lipinski definition) is 4. The number of rotatable bonds is 5. The van der Waals surface area contributed by atoms with Crippen molar-refractivity contribution >= 4 is 33.3 Å². The van der Waals surface area contributed by atoms with Crippen molar-refractivity contribution in [1.82, 2.24) is 14.8 Å². The monoisotopic (exact) mass is 449 g/mol. The summed E-state index contributed by atoms with van der Waals surface area (Å²) >= 11 is 0. The van der Waals surface area contributed by atoms with Crippen LogP contribution in [0, 0.1) is 13.8 Å². The molecule has 170 valence electrons. The number of nitrogens with two attached hydrogens (primary N) is 1. The lowest BCUT2D eigenvalue weighted by molar-refractivity contribution is 0.100. The lowest BCUT2D eigenvalue weighted by Crippen LogP contribution is -2.16. The molecule has 6 nitrogen and oxygen atoms in total. The number of pyridine rings is 1. The molecule has 5 rings (SSSR count). The number of carbonyl (C=O) groups excluding carboxylic acids is 1. The van der Waals surface area contributed by atoms with Crippen LogP contribution in [0.15, 0.2) is 66.9 Å². The van der Waals surface area contributed by atoms with E-state index in [1.807, 2.05) is 43.0 Å². The standard InChI is InChI=1S/C28H27N5O/c1-16-11-20-15-30-26(19-9-10-27-23(13-19)18(3)32-33(27)4)14-24(20)22(12-16)17(2)31-25-8-6-5-7-21(25)28(29)34/h5-15,17,31H,1-4H3,(H2,29,34)/t17-/m1/s1. The molecule has 1 amide bonds. The van der Waals surface area contributed by atoms with E-state index in [0.717, 1.165) is 55.4 Å². The highest BCUT2D eigenvalue weighted by atomic mass is 16.1. The van der Waals surface area contributed by atoms with Gasteiger partial charge in [0.1, 0.15) is 0 Å². The topological polar surface area (TPSA) is 85.8 Å². The van der Waals surface area contributed by atoms with Gasteiger partial charge in [0.15, 0.2) is 0 Å². The highest BCUT2D eigenvalue weighted by molar-refractivity contribution is 5.98. The molecule has 0 fully saturated rings. The fourth-order valence-corrected chi connectivity index (χ4v) is 4.69. The van der Waals surface area contributed by atoms with Crippen molar-refractivity contribution in [1.29, 1.82) is 0 Å². The number of anilines is 1. The molecule has 1 atom stereocenters. The molecule has 0 saturated heterocycles. The Morgan fingerprint density at radius 2 is 1.82 bits per heavy atom. The first-order valence-electron chi connectivity index (χ1n) is 11.3. The molecular formula is C28H27N5O. The maximum atomic E-state index is 11.9. The van der Waals surface area contributed by atoms with Crippen LogP contribution in [0.5, 0.6) is 0 Å². The van der Waals surface area contributed by atoms with Gasteiger partial charge in [0, 0.05) is 41.3 Å². The first kappa shape index (κ1) is 21.6. The summed E-state index contributed by atoms with van der Waals surface area (Å²) in [6.45, 7) is 6.20. The van der Waals surface area contributed by atoms with Crippen molar-refractivity contribution in [2.45, 2.75) is 26.8 Å². The molecule has 0 aliphatic heterocycles. The summed E-state index contributed by atoms with van der Waals surface area (Å²) in [7, 11) is 1.96. The van der Waals surface area contributed by atoms with E-state index in [-0.39, 0.29) is 6.04 Å². The second kappa shape index (κ2) is 8.30. The molecule has 0 unspecified atom stereocenters. The van der Waals surface area contributed by atoms with Gasteiger partial charge in [-0.3, -0.25) is 14.5 Å². The molecule has 5 aromatic rings. The minimum Gasteiger partial charge on any atom is -0.378 e. The van der Waals surface area contributed by atoms with Crippen LogP contribution in [-0.4, -0.2) is 20.7 Å². The molecule has 0 aliphatic rings. The Kier molecular flexibility index (Phi) is 5.28. The number of carbonyl (C=O) groups is 1. The van der Waals surface area contributed by atoms with E-state index < -0.39 is 5.91 Å². The quantitative estimate of drug-likeness (QED) is 0.362. The first-order chi connectivity index (χ1) is 16.3. The summed E-state index contributed by atoms with van der Waals surface area (Å²) in [6.07, 6.45) is 1.94. The third-order valence-corrected chi connectivity index (χ3v) is 6.37. The van der Waals surface area contributed by atoms with Crippen LogP contribution in [-0.2, 0) is 7.05 Å². The maximum absolute atomic E-state index is 11.9. The molecule has 3 N–H and O–H groups in total. The molecule has 0 radical (unpaired) electrons. The van der Waals surface area contributed by atoms with E-state index in [2.05, 4.69) is 60.7 Å². The van der Waals surface area contributed by atoms with Crippen LogP contribution in [0.1, 0.15) is 40.1 Å². The normalized spacial score (nSPS) is 12.2. The van der Waals surface area contributed by atoms with Gasteiger partial charge in [-0.05, 0) is 68.1 Å². The highest BCUT2D eigenvalue weighted by Crippen LogP contribution is 2.32. The molecule has 0 saturated carbocycles. The summed E-state index contributed by atoms with van der Waals surface area (Å²) in [6, 6.07) is 20.1. The fraction of sp³-hybridized carbons (Fsp3) is 0.179. The third-order valence-electron chi connectivity index (χ3n) is 6.37. The van der Waals surface area contributed by atoms with Crippen molar-refractivity contribution in [3.05, 3.63) is 89.2 Å². The number of benzene rings is 3. The lowest BCUT2D eigenvalue weighted by atomic mass is 9.96. The summed E-state index contributed by atoms with van der Waals surface area (Å²) in [5.41, 5.74) is 13.1. The summed E-state index contributed by atoms with van der Waals surface area (Å²) in [5.74, 6) is -0.447. The molecule has 2 heterocycles. The minimum absolute atomic E-state index is 0.0544. The van der Waals surface area contributed by atoms with Gasteiger partial charge in [0.05, 0.1) is 22.5 Å². The molecular weight excluding hydrogens is 422 g/mol. The number of nitrogens with one attached hydrogen (secondary N) is 1. The maximum Gasteiger partial charge on any atom is 0.250 e. The minimum atomic E-state index is -0.447. The third kappa shape index (κ3) is 3.77. The summed E-state index contributed by atoms with van der Waals surface area (Å²) < 4.78 is 1.90. The molecule has 2 aromatic heterocycles. The number of nitrogens with zero attached hydrogens (tertiary/aromatic N) is 3. The van der Waals surface area contributed by atoms with E-state index in [1.54, 1.807) is 6.07 Å². The Balaban J connectivity index is 1.60. The predicted molar refractivity (Wildman–Crippen MR) is 138 cm³/mol. The van der Waals surface area contributed by atoms with E-state index in [1.165, 1.54) is 0 Å². The van der Waals surface area contributed by atoms with Crippen molar-refractivity contribution in [3.63, 3.8) is 0 Å². The summed E-state index contributed by atoms with van der Waals surface area (Å²) in [4.78, 5) is 16.7. The van der Waals surface area contributed by atoms with Gasteiger partial charge < -0.3 is 11.1 Å². The number of amides is 1.